The topological polar surface area (TPSA) is 110 Å². The standard InChI is InChI=1S/C9H11F5O7S/c1-4(2)6(16)20-3-5(15)21-7(8(10,11)12)9(13,14)22(17,18)19/h6-7,16H,1,3H2,2H3,(H,17,18,19). The smallest absolute Gasteiger partial charge is 0.432 e. The van der Waals surface area contributed by atoms with Gasteiger partial charge in [0.25, 0.3) is 6.10 Å². The van der Waals surface area contributed by atoms with Crippen LogP contribution in [0.1, 0.15) is 6.92 Å². The van der Waals surface area contributed by atoms with Gasteiger partial charge < -0.3 is 14.6 Å². The lowest BCUT2D eigenvalue weighted by atomic mass is 10.3. The van der Waals surface area contributed by atoms with Crippen LogP contribution >= 0.6 is 0 Å². The molecule has 0 aliphatic carbocycles. The zero-order valence-electron chi connectivity index (χ0n) is 10.8. The summed E-state index contributed by atoms with van der Waals surface area (Å²) in [7, 11) is -6.51. The number of esters is 1. The quantitative estimate of drug-likeness (QED) is 0.228. The second kappa shape index (κ2) is 6.85. The monoisotopic (exact) mass is 358 g/mol. The summed E-state index contributed by atoms with van der Waals surface area (Å²) in [5.74, 6) is -2.05. The molecule has 0 saturated carbocycles. The van der Waals surface area contributed by atoms with E-state index in [-0.39, 0.29) is 5.57 Å². The third-order valence-electron chi connectivity index (χ3n) is 1.98. The van der Waals surface area contributed by atoms with Gasteiger partial charge in [0.15, 0.2) is 6.29 Å². The van der Waals surface area contributed by atoms with Crippen LogP contribution in [0.2, 0.25) is 0 Å². The predicted molar refractivity (Wildman–Crippen MR) is 59.2 cm³/mol. The average molecular weight is 358 g/mol. The highest BCUT2D eigenvalue weighted by atomic mass is 32.2. The van der Waals surface area contributed by atoms with Gasteiger partial charge in [-0.15, -0.1) is 0 Å². The molecule has 0 rings (SSSR count). The van der Waals surface area contributed by atoms with Gasteiger partial charge in [-0.1, -0.05) is 6.58 Å². The molecule has 0 spiro atoms. The summed E-state index contributed by atoms with van der Waals surface area (Å²) in [6.07, 6.45) is -12.2. The van der Waals surface area contributed by atoms with Gasteiger partial charge >= 0.3 is 27.5 Å². The number of carbonyl (C=O) groups is 1. The second-order valence-electron chi connectivity index (χ2n) is 3.96. The first-order valence-electron chi connectivity index (χ1n) is 5.16. The summed E-state index contributed by atoms with van der Waals surface area (Å²) in [6, 6.07) is 0. The SMILES string of the molecule is C=C(C)C(O)OCC(=O)OC(C(F)(F)F)C(F)(F)S(=O)(=O)O. The molecule has 13 heteroatoms. The van der Waals surface area contributed by atoms with E-state index < -0.39 is 46.5 Å². The van der Waals surface area contributed by atoms with Gasteiger partial charge in [-0.05, 0) is 12.5 Å². The lowest BCUT2D eigenvalue weighted by Crippen LogP contribution is -2.52. The zero-order valence-corrected chi connectivity index (χ0v) is 11.6. The molecule has 0 bridgehead atoms. The Kier molecular flexibility index (Phi) is 6.44. The van der Waals surface area contributed by atoms with Crippen molar-refractivity contribution in [1.29, 1.82) is 0 Å². The number of aliphatic hydroxyl groups is 1. The van der Waals surface area contributed by atoms with Crippen molar-refractivity contribution in [2.45, 2.75) is 30.7 Å². The van der Waals surface area contributed by atoms with Crippen molar-refractivity contribution in [3.63, 3.8) is 0 Å². The summed E-state index contributed by atoms with van der Waals surface area (Å²) >= 11 is 0. The molecule has 0 aromatic carbocycles. The summed E-state index contributed by atoms with van der Waals surface area (Å²) in [5.41, 5.74) is -0.0524. The molecule has 0 fully saturated rings. The van der Waals surface area contributed by atoms with Crippen molar-refractivity contribution in [2.24, 2.45) is 0 Å². The number of carbonyl (C=O) groups excluding carboxylic acids is 1. The maximum absolute atomic E-state index is 13.0. The van der Waals surface area contributed by atoms with Crippen molar-refractivity contribution in [1.82, 2.24) is 0 Å². The van der Waals surface area contributed by atoms with E-state index >= 15 is 0 Å². The minimum absolute atomic E-state index is 0.0524. The highest BCUT2D eigenvalue weighted by Gasteiger charge is 2.66. The van der Waals surface area contributed by atoms with E-state index in [0.29, 0.717) is 0 Å². The normalized spacial score (nSPS) is 16.0. The van der Waals surface area contributed by atoms with Crippen LogP contribution in [0.5, 0.6) is 0 Å². The van der Waals surface area contributed by atoms with Crippen molar-refractivity contribution in [3.8, 4) is 0 Å². The molecule has 0 aliphatic rings. The van der Waals surface area contributed by atoms with Crippen LogP contribution in [0, 0.1) is 0 Å². The predicted octanol–water partition coefficient (Wildman–Crippen LogP) is 0.852. The van der Waals surface area contributed by atoms with E-state index in [1.165, 1.54) is 6.92 Å². The maximum atomic E-state index is 13.0. The molecule has 0 aromatic rings. The number of alkyl halides is 5. The Hall–Kier alpha value is -1.31. The molecule has 0 aromatic heterocycles. The molecule has 130 valence electrons. The molecule has 2 N–H and O–H groups in total. The van der Waals surface area contributed by atoms with Gasteiger partial charge in [-0.25, -0.2) is 4.79 Å². The number of hydrogen-bond donors (Lipinski definition) is 2. The van der Waals surface area contributed by atoms with Crippen LogP contribution in [0.15, 0.2) is 12.2 Å². The molecule has 0 saturated heterocycles. The molecular weight excluding hydrogens is 347 g/mol. The van der Waals surface area contributed by atoms with E-state index in [2.05, 4.69) is 16.1 Å². The molecular formula is C9H11F5O7S. The van der Waals surface area contributed by atoms with E-state index in [1.807, 2.05) is 0 Å². The molecule has 2 atom stereocenters. The summed E-state index contributed by atoms with van der Waals surface area (Å²) < 4.78 is 99.6. The summed E-state index contributed by atoms with van der Waals surface area (Å²) in [4.78, 5) is 11.0. The van der Waals surface area contributed by atoms with Gasteiger partial charge in [0, 0.05) is 0 Å². The van der Waals surface area contributed by atoms with Crippen LogP contribution in [0.4, 0.5) is 22.0 Å². The van der Waals surface area contributed by atoms with E-state index in [9.17, 15) is 35.2 Å². The Morgan fingerprint density at radius 1 is 1.27 bits per heavy atom. The number of halogens is 5. The van der Waals surface area contributed by atoms with Crippen LogP contribution in [-0.4, -0.2) is 54.5 Å². The number of rotatable bonds is 7. The molecule has 0 aliphatic heterocycles. The molecule has 0 radical (unpaired) electrons. The minimum Gasteiger partial charge on any atom is -0.443 e. The molecule has 0 heterocycles. The first kappa shape index (κ1) is 20.7. The van der Waals surface area contributed by atoms with E-state index in [1.54, 1.807) is 0 Å². The number of ether oxygens (including phenoxy) is 2. The molecule has 7 nitrogen and oxygen atoms in total. The van der Waals surface area contributed by atoms with Crippen LogP contribution in [-0.2, 0) is 24.4 Å². The highest BCUT2D eigenvalue weighted by molar-refractivity contribution is 7.86. The van der Waals surface area contributed by atoms with Gasteiger partial charge in [0.2, 0.25) is 0 Å². The third-order valence-corrected chi connectivity index (χ3v) is 2.88. The molecule has 0 amide bonds. The Balaban J connectivity index is 5.13. The van der Waals surface area contributed by atoms with Crippen LogP contribution < -0.4 is 0 Å². The third kappa shape index (κ3) is 5.47. The van der Waals surface area contributed by atoms with Crippen LogP contribution in [0.25, 0.3) is 0 Å². The Labute approximate surface area is 121 Å². The van der Waals surface area contributed by atoms with Gasteiger partial charge in [-0.3, -0.25) is 4.55 Å². The van der Waals surface area contributed by atoms with Gasteiger partial charge in [0.05, 0.1) is 0 Å². The van der Waals surface area contributed by atoms with E-state index in [4.69, 9.17) is 9.66 Å². The first-order chi connectivity index (χ1) is 9.60. The Morgan fingerprint density at radius 3 is 2.05 bits per heavy atom. The van der Waals surface area contributed by atoms with Crippen molar-refractivity contribution in [2.75, 3.05) is 6.61 Å². The second-order valence-corrected chi connectivity index (χ2v) is 5.45. The zero-order chi connectivity index (χ0) is 17.9. The largest absolute Gasteiger partial charge is 0.443 e. The molecule has 22 heavy (non-hydrogen) atoms. The summed E-state index contributed by atoms with van der Waals surface area (Å²) in [6.45, 7) is 2.99. The lowest BCUT2D eigenvalue weighted by Gasteiger charge is -2.26. The fraction of sp³-hybridized carbons (Fsp3) is 0.667. The van der Waals surface area contributed by atoms with E-state index in [0.717, 1.165) is 0 Å². The fourth-order valence-electron chi connectivity index (χ4n) is 0.916. The minimum atomic E-state index is -6.51. The van der Waals surface area contributed by atoms with Crippen molar-refractivity contribution < 1.29 is 54.3 Å². The van der Waals surface area contributed by atoms with Crippen LogP contribution in [0.3, 0.4) is 0 Å². The van der Waals surface area contributed by atoms with Gasteiger partial charge in [-0.2, -0.15) is 30.4 Å². The summed E-state index contributed by atoms with van der Waals surface area (Å²) in [5, 5.41) is 3.20. The number of hydrogen-bond acceptors (Lipinski definition) is 6. The Morgan fingerprint density at radius 2 is 1.73 bits per heavy atom. The van der Waals surface area contributed by atoms with Gasteiger partial charge in [0.1, 0.15) is 6.61 Å². The average Bonchev–Trinajstić information content (AvgIpc) is 2.29. The first-order valence-corrected chi connectivity index (χ1v) is 6.60. The Bertz CT molecular complexity index is 527. The fourth-order valence-corrected chi connectivity index (χ4v) is 1.37. The van der Waals surface area contributed by atoms with Crippen molar-refractivity contribution in [3.05, 3.63) is 12.2 Å². The highest BCUT2D eigenvalue weighted by Crippen LogP contribution is 2.37. The maximum Gasteiger partial charge on any atom is 0.432 e. The number of aliphatic hydroxyl groups excluding tert-OH is 1. The molecule has 2 unspecified atom stereocenters. The lowest BCUT2D eigenvalue weighted by molar-refractivity contribution is -0.261. The van der Waals surface area contributed by atoms with Crippen molar-refractivity contribution >= 4 is 16.1 Å².